The van der Waals surface area contributed by atoms with E-state index in [9.17, 15) is 9.59 Å². The van der Waals surface area contributed by atoms with Gasteiger partial charge in [0.15, 0.2) is 4.80 Å². The molecule has 1 aliphatic heterocycles. The molecule has 2 heterocycles. The highest BCUT2D eigenvalue weighted by atomic mass is 35.5. The van der Waals surface area contributed by atoms with E-state index in [0.29, 0.717) is 48.7 Å². The standard InChI is InChI=1S/C35H34Cl2N2O4S/c1-5-9-28-31(34(41)42-6-2)32(23-14-12-22(13-15-23)21(3)4)39-33(40)30(44-35(39)38-28)18-24-10-7-8-11-29(24)43-20-25-16-17-26(36)19-27(25)37/h7-8,10-19,21,32H,5-6,9,20H2,1-4H3/b30-18+/t32-/m1/s1. The first-order chi connectivity index (χ1) is 21.2. The van der Waals surface area contributed by atoms with Gasteiger partial charge < -0.3 is 9.47 Å². The summed E-state index contributed by atoms with van der Waals surface area (Å²) in [6.07, 6.45) is 3.19. The summed E-state index contributed by atoms with van der Waals surface area (Å²) in [6.45, 7) is 8.54. The minimum atomic E-state index is -0.659. The van der Waals surface area contributed by atoms with Gasteiger partial charge in [-0.05, 0) is 54.7 Å². The molecule has 0 bridgehead atoms. The molecule has 4 aromatic rings. The molecule has 1 atom stereocenters. The second-order valence-corrected chi connectivity index (χ2v) is 12.6. The average Bonchev–Trinajstić information content (AvgIpc) is 3.31. The van der Waals surface area contributed by atoms with Gasteiger partial charge in [0.2, 0.25) is 0 Å². The van der Waals surface area contributed by atoms with Gasteiger partial charge in [0.05, 0.1) is 28.5 Å². The Kier molecular flexibility index (Phi) is 10.1. The van der Waals surface area contributed by atoms with Crippen LogP contribution in [0.3, 0.4) is 0 Å². The molecular formula is C35H34Cl2N2O4S. The third-order valence-corrected chi connectivity index (χ3v) is 8.98. The number of hydrogen-bond donors (Lipinski definition) is 0. The Morgan fingerprint density at radius 3 is 2.50 bits per heavy atom. The zero-order valence-electron chi connectivity index (χ0n) is 25.1. The van der Waals surface area contributed by atoms with Crippen LogP contribution in [-0.2, 0) is 16.1 Å². The molecule has 3 aromatic carbocycles. The fourth-order valence-corrected chi connectivity index (χ4v) is 6.64. The monoisotopic (exact) mass is 648 g/mol. The number of hydrogen-bond acceptors (Lipinski definition) is 6. The fraction of sp³-hybridized carbons (Fsp3) is 0.286. The van der Waals surface area contributed by atoms with Crippen LogP contribution in [0.25, 0.3) is 6.08 Å². The van der Waals surface area contributed by atoms with Crippen LogP contribution < -0.4 is 19.6 Å². The normalized spacial score (nSPS) is 14.9. The Morgan fingerprint density at radius 2 is 1.82 bits per heavy atom. The van der Waals surface area contributed by atoms with Gasteiger partial charge in [-0.2, -0.15) is 0 Å². The second-order valence-electron chi connectivity index (χ2n) is 10.8. The van der Waals surface area contributed by atoms with Crippen LogP contribution in [0.15, 0.2) is 87.8 Å². The first-order valence-corrected chi connectivity index (χ1v) is 16.3. The molecular weight excluding hydrogens is 615 g/mol. The molecule has 228 valence electrons. The minimum absolute atomic E-state index is 0.225. The lowest BCUT2D eigenvalue weighted by atomic mass is 9.92. The number of para-hydroxylation sites is 1. The molecule has 0 saturated heterocycles. The molecule has 1 aliphatic rings. The average molecular weight is 650 g/mol. The summed E-state index contributed by atoms with van der Waals surface area (Å²) in [5.74, 6) is 0.496. The summed E-state index contributed by atoms with van der Waals surface area (Å²) in [4.78, 5) is 33.0. The number of fused-ring (bicyclic) bond motifs is 1. The highest BCUT2D eigenvalue weighted by molar-refractivity contribution is 7.07. The van der Waals surface area contributed by atoms with Crippen LogP contribution in [0.5, 0.6) is 5.75 Å². The third-order valence-electron chi connectivity index (χ3n) is 7.41. The summed E-state index contributed by atoms with van der Waals surface area (Å²) in [5.41, 5.74) is 4.36. The molecule has 0 spiro atoms. The van der Waals surface area contributed by atoms with Crippen molar-refractivity contribution in [2.45, 2.75) is 59.1 Å². The summed E-state index contributed by atoms with van der Waals surface area (Å²) >= 11 is 13.7. The van der Waals surface area contributed by atoms with Gasteiger partial charge in [-0.15, -0.1) is 0 Å². The van der Waals surface area contributed by atoms with E-state index in [1.807, 2.05) is 55.5 Å². The smallest absolute Gasteiger partial charge is 0.338 e. The van der Waals surface area contributed by atoms with Gasteiger partial charge in [0, 0.05) is 21.2 Å². The van der Waals surface area contributed by atoms with Crippen molar-refractivity contribution in [2.75, 3.05) is 6.61 Å². The van der Waals surface area contributed by atoms with E-state index in [1.165, 1.54) is 16.9 Å². The minimum Gasteiger partial charge on any atom is -0.488 e. The Morgan fingerprint density at radius 1 is 1.07 bits per heavy atom. The van der Waals surface area contributed by atoms with Crippen molar-refractivity contribution < 1.29 is 14.3 Å². The molecule has 0 radical (unpaired) electrons. The Labute approximate surface area is 270 Å². The quantitative estimate of drug-likeness (QED) is 0.166. The van der Waals surface area contributed by atoms with Gasteiger partial charge in [-0.1, -0.05) is 110 Å². The van der Waals surface area contributed by atoms with Crippen molar-refractivity contribution in [1.29, 1.82) is 0 Å². The van der Waals surface area contributed by atoms with E-state index in [4.69, 9.17) is 37.7 Å². The second kappa shape index (κ2) is 14.0. The maximum atomic E-state index is 14.2. The van der Waals surface area contributed by atoms with Crippen LogP contribution >= 0.6 is 34.5 Å². The summed E-state index contributed by atoms with van der Waals surface area (Å²) in [7, 11) is 0. The molecule has 0 fully saturated rings. The Bertz CT molecular complexity index is 1890. The van der Waals surface area contributed by atoms with Gasteiger partial charge in [0.1, 0.15) is 12.4 Å². The lowest BCUT2D eigenvalue weighted by Crippen LogP contribution is -2.40. The molecule has 0 amide bonds. The number of carbonyl (C=O) groups excluding carboxylic acids is 1. The fourth-order valence-electron chi connectivity index (χ4n) is 5.17. The molecule has 5 rings (SSSR count). The largest absolute Gasteiger partial charge is 0.488 e. The van der Waals surface area contributed by atoms with E-state index in [2.05, 4.69) is 26.0 Å². The van der Waals surface area contributed by atoms with E-state index in [0.717, 1.165) is 23.1 Å². The van der Waals surface area contributed by atoms with E-state index in [1.54, 1.807) is 23.6 Å². The summed E-state index contributed by atoms with van der Waals surface area (Å²) < 4.78 is 13.8. The van der Waals surface area contributed by atoms with Gasteiger partial charge in [0.25, 0.3) is 5.56 Å². The number of thiazole rings is 1. The zero-order valence-corrected chi connectivity index (χ0v) is 27.4. The number of rotatable bonds is 10. The van der Waals surface area contributed by atoms with Crippen LogP contribution in [0.1, 0.15) is 74.8 Å². The van der Waals surface area contributed by atoms with Crippen molar-refractivity contribution >= 4 is 46.6 Å². The van der Waals surface area contributed by atoms with Crippen LogP contribution in [-0.4, -0.2) is 17.1 Å². The molecule has 0 saturated carbocycles. The lowest BCUT2D eigenvalue weighted by Gasteiger charge is -2.26. The van der Waals surface area contributed by atoms with Crippen LogP contribution in [0.2, 0.25) is 10.0 Å². The SMILES string of the molecule is CCCC1=C(C(=O)OCC)[C@@H](c2ccc(C(C)C)cc2)n2c(s/c(=C/c3ccccc3OCc3ccc(Cl)cc3Cl)c2=O)=N1. The number of esters is 1. The van der Waals surface area contributed by atoms with E-state index >= 15 is 0 Å². The number of benzene rings is 3. The molecule has 1 aromatic heterocycles. The summed E-state index contributed by atoms with van der Waals surface area (Å²) in [5, 5.41) is 1.07. The first-order valence-electron chi connectivity index (χ1n) is 14.7. The van der Waals surface area contributed by atoms with Gasteiger partial charge >= 0.3 is 5.97 Å². The van der Waals surface area contributed by atoms with Crippen molar-refractivity contribution in [1.82, 2.24) is 4.57 Å². The number of aromatic nitrogens is 1. The van der Waals surface area contributed by atoms with Crippen molar-refractivity contribution in [2.24, 2.45) is 4.99 Å². The Balaban J connectivity index is 1.62. The predicted octanol–water partition coefficient (Wildman–Crippen LogP) is 7.59. The topological polar surface area (TPSA) is 69.9 Å². The van der Waals surface area contributed by atoms with Crippen LogP contribution in [0, 0.1) is 0 Å². The number of ether oxygens (including phenoxy) is 2. The zero-order chi connectivity index (χ0) is 31.4. The van der Waals surface area contributed by atoms with Crippen molar-refractivity contribution in [3.05, 3.63) is 130 Å². The molecule has 0 N–H and O–H groups in total. The summed E-state index contributed by atoms with van der Waals surface area (Å²) in [6, 6.07) is 20.2. The molecule has 0 aliphatic carbocycles. The molecule has 44 heavy (non-hydrogen) atoms. The van der Waals surface area contributed by atoms with Crippen molar-refractivity contribution in [3.63, 3.8) is 0 Å². The predicted molar refractivity (Wildman–Crippen MR) is 177 cm³/mol. The maximum absolute atomic E-state index is 14.2. The van der Waals surface area contributed by atoms with Gasteiger partial charge in [-0.3, -0.25) is 9.36 Å². The molecule has 0 unspecified atom stereocenters. The van der Waals surface area contributed by atoms with E-state index in [-0.39, 0.29) is 18.8 Å². The maximum Gasteiger partial charge on any atom is 0.338 e. The number of nitrogens with zero attached hydrogens (tertiary/aromatic N) is 2. The van der Waals surface area contributed by atoms with Gasteiger partial charge in [-0.25, -0.2) is 9.79 Å². The molecule has 6 nitrogen and oxygen atoms in total. The van der Waals surface area contributed by atoms with E-state index < -0.39 is 12.0 Å². The first kappa shape index (κ1) is 31.8. The van der Waals surface area contributed by atoms with Crippen LogP contribution in [0.4, 0.5) is 0 Å². The highest BCUT2D eigenvalue weighted by Gasteiger charge is 2.34. The number of halogens is 2. The number of carbonyl (C=O) groups is 1. The third kappa shape index (κ3) is 6.70. The Hall–Kier alpha value is -3.65. The molecule has 9 heteroatoms. The highest BCUT2D eigenvalue weighted by Crippen LogP contribution is 2.33. The number of allylic oxidation sites excluding steroid dienone is 1. The lowest BCUT2D eigenvalue weighted by molar-refractivity contribution is -0.139. The van der Waals surface area contributed by atoms with Crippen molar-refractivity contribution in [3.8, 4) is 5.75 Å².